The maximum atomic E-state index is 12.1. The SMILES string of the molecule is CC(CC1CCCCC1)C(=O)NCc1cn(CC(=O)O)nn1. The van der Waals surface area contributed by atoms with E-state index in [9.17, 15) is 9.59 Å². The van der Waals surface area contributed by atoms with Crippen molar-refractivity contribution in [3.63, 3.8) is 0 Å². The molecule has 1 aliphatic carbocycles. The van der Waals surface area contributed by atoms with E-state index in [-0.39, 0.29) is 24.9 Å². The molecule has 1 aromatic heterocycles. The van der Waals surface area contributed by atoms with Crippen molar-refractivity contribution in [1.29, 1.82) is 0 Å². The second-order valence-corrected chi connectivity index (χ2v) is 6.16. The topological polar surface area (TPSA) is 97.1 Å². The smallest absolute Gasteiger partial charge is 0.325 e. The Balaban J connectivity index is 1.74. The third-order valence-electron chi connectivity index (χ3n) is 4.19. The van der Waals surface area contributed by atoms with Gasteiger partial charge in [-0.1, -0.05) is 44.2 Å². The predicted molar refractivity (Wildman–Crippen MR) is 79.9 cm³/mol. The van der Waals surface area contributed by atoms with Crippen molar-refractivity contribution in [2.45, 2.75) is 58.5 Å². The van der Waals surface area contributed by atoms with E-state index in [0.29, 0.717) is 11.6 Å². The fourth-order valence-corrected chi connectivity index (χ4v) is 3.02. The maximum Gasteiger partial charge on any atom is 0.325 e. The third-order valence-corrected chi connectivity index (χ3v) is 4.19. The molecule has 0 saturated heterocycles. The standard InChI is InChI=1S/C15H24N4O3/c1-11(7-12-5-3-2-4-6-12)15(22)16-8-13-9-19(18-17-13)10-14(20)21/h9,11-12H,2-8,10H2,1H3,(H,16,22)(H,20,21). The van der Waals surface area contributed by atoms with E-state index in [2.05, 4.69) is 15.6 Å². The van der Waals surface area contributed by atoms with Gasteiger partial charge in [-0.15, -0.1) is 5.10 Å². The molecular weight excluding hydrogens is 284 g/mol. The van der Waals surface area contributed by atoms with Crippen LogP contribution in [-0.4, -0.2) is 32.0 Å². The summed E-state index contributed by atoms with van der Waals surface area (Å²) in [6.07, 6.45) is 8.85. The lowest BCUT2D eigenvalue weighted by atomic mass is 9.83. The summed E-state index contributed by atoms with van der Waals surface area (Å²) in [5.74, 6) is -0.275. The number of amides is 1. The van der Waals surface area contributed by atoms with Crippen LogP contribution in [0.2, 0.25) is 0 Å². The molecule has 1 amide bonds. The molecule has 122 valence electrons. The van der Waals surface area contributed by atoms with Crippen molar-refractivity contribution in [3.8, 4) is 0 Å². The van der Waals surface area contributed by atoms with Gasteiger partial charge in [0.2, 0.25) is 5.91 Å². The van der Waals surface area contributed by atoms with Gasteiger partial charge in [-0.2, -0.15) is 0 Å². The largest absolute Gasteiger partial charge is 0.480 e. The highest BCUT2D eigenvalue weighted by molar-refractivity contribution is 5.78. The van der Waals surface area contributed by atoms with Gasteiger partial charge in [-0.25, -0.2) is 4.68 Å². The second-order valence-electron chi connectivity index (χ2n) is 6.16. The molecule has 22 heavy (non-hydrogen) atoms. The van der Waals surface area contributed by atoms with Gasteiger partial charge in [0.15, 0.2) is 0 Å². The number of nitrogens with zero attached hydrogens (tertiary/aromatic N) is 3. The van der Waals surface area contributed by atoms with Crippen LogP contribution in [0.4, 0.5) is 0 Å². The van der Waals surface area contributed by atoms with Crippen molar-refractivity contribution in [1.82, 2.24) is 20.3 Å². The van der Waals surface area contributed by atoms with Gasteiger partial charge >= 0.3 is 5.97 Å². The van der Waals surface area contributed by atoms with Crippen LogP contribution in [-0.2, 0) is 22.7 Å². The van der Waals surface area contributed by atoms with Gasteiger partial charge in [0.1, 0.15) is 12.2 Å². The van der Waals surface area contributed by atoms with E-state index >= 15 is 0 Å². The Hall–Kier alpha value is -1.92. The van der Waals surface area contributed by atoms with Crippen LogP contribution in [0, 0.1) is 11.8 Å². The first-order valence-electron chi connectivity index (χ1n) is 7.93. The summed E-state index contributed by atoms with van der Waals surface area (Å²) in [4.78, 5) is 22.7. The van der Waals surface area contributed by atoms with Gasteiger partial charge in [-0.05, 0) is 12.3 Å². The Bertz CT molecular complexity index is 509. The lowest BCUT2D eigenvalue weighted by Gasteiger charge is -2.24. The lowest BCUT2D eigenvalue weighted by molar-refractivity contribution is -0.138. The van der Waals surface area contributed by atoms with Crippen LogP contribution in [0.5, 0.6) is 0 Å². The van der Waals surface area contributed by atoms with E-state index in [4.69, 9.17) is 5.11 Å². The number of carboxylic acids is 1. The fraction of sp³-hybridized carbons (Fsp3) is 0.733. The molecule has 1 heterocycles. The van der Waals surface area contributed by atoms with Crippen molar-refractivity contribution in [2.24, 2.45) is 11.8 Å². The van der Waals surface area contributed by atoms with Crippen LogP contribution in [0.3, 0.4) is 0 Å². The van der Waals surface area contributed by atoms with Crippen LogP contribution in [0.15, 0.2) is 6.20 Å². The Labute approximate surface area is 130 Å². The maximum absolute atomic E-state index is 12.1. The van der Waals surface area contributed by atoms with E-state index in [1.165, 1.54) is 36.8 Å². The van der Waals surface area contributed by atoms with E-state index < -0.39 is 5.97 Å². The Kier molecular flexibility index (Phi) is 5.91. The summed E-state index contributed by atoms with van der Waals surface area (Å²) < 4.78 is 1.25. The number of hydrogen-bond donors (Lipinski definition) is 2. The summed E-state index contributed by atoms with van der Waals surface area (Å²) in [5, 5.41) is 19.1. The second kappa shape index (κ2) is 7.91. The third kappa shape index (κ3) is 5.13. The minimum absolute atomic E-state index is 0.00263. The number of carbonyl (C=O) groups is 2. The van der Waals surface area contributed by atoms with Gasteiger partial charge < -0.3 is 10.4 Å². The molecule has 1 aliphatic rings. The minimum atomic E-state index is -0.971. The molecule has 0 aromatic carbocycles. The highest BCUT2D eigenvalue weighted by Gasteiger charge is 2.20. The van der Waals surface area contributed by atoms with Crippen LogP contribution < -0.4 is 5.32 Å². The zero-order valence-electron chi connectivity index (χ0n) is 13.0. The molecule has 1 aromatic rings. The predicted octanol–water partition coefficient (Wildman–Crippen LogP) is 1.59. The number of nitrogens with one attached hydrogen (secondary N) is 1. The molecule has 1 atom stereocenters. The molecule has 1 saturated carbocycles. The van der Waals surface area contributed by atoms with Crippen molar-refractivity contribution >= 4 is 11.9 Å². The van der Waals surface area contributed by atoms with Crippen molar-refractivity contribution < 1.29 is 14.7 Å². The summed E-state index contributed by atoms with van der Waals surface area (Å²) in [6, 6.07) is 0. The monoisotopic (exact) mass is 308 g/mol. The number of carbonyl (C=O) groups excluding carboxylic acids is 1. The molecule has 7 nitrogen and oxygen atoms in total. The number of aromatic nitrogens is 3. The quantitative estimate of drug-likeness (QED) is 0.797. The number of aliphatic carboxylic acids is 1. The normalized spacial score (nSPS) is 17.1. The van der Waals surface area contributed by atoms with Crippen molar-refractivity contribution in [2.75, 3.05) is 0 Å². The number of rotatable bonds is 7. The van der Waals surface area contributed by atoms with Crippen LogP contribution in [0.1, 0.15) is 51.1 Å². The van der Waals surface area contributed by atoms with Crippen molar-refractivity contribution in [3.05, 3.63) is 11.9 Å². The Morgan fingerprint density at radius 3 is 2.82 bits per heavy atom. The summed E-state index contributed by atoms with van der Waals surface area (Å²) in [5.41, 5.74) is 0.569. The molecule has 1 fully saturated rings. The first-order chi connectivity index (χ1) is 10.5. The average molecular weight is 308 g/mol. The van der Waals surface area contributed by atoms with Gasteiger partial charge in [0.25, 0.3) is 0 Å². The molecule has 0 spiro atoms. The molecule has 7 heteroatoms. The van der Waals surface area contributed by atoms with E-state index in [1.54, 1.807) is 6.20 Å². The Morgan fingerprint density at radius 1 is 1.41 bits per heavy atom. The zero-order valence-corrected chi connectivity index (χ0v) is 13.0. The van der Waals surface area contributed by atoms with E-state index in [0.717, 1.165) is 6.42 Å². The number of carboxylic acid groups (broad SMARTS) is 1. The summed E-state index contributed by atoms with van der Waals surface area (Å²) in [6.45, 7) is 2.03. The van der Waals surface area contributed by atoms with Crippen LogP contribution >= 0.6 is 0 Å². The van der Waals surface area contributed by atoms with Gasteiger partial charge in [0, 0.05) is 5.92 Å². The molecule has 1 unspecified atom stereocenters. The first kappa shape index (κ1) is 16.5. The average Bonchev–Trinajstić information content (AvgIpc) is 2.92. The molecule has 2 rings (SSSR count). The van der Waals surface area contributed by atoms with Crippen LogP contribution in [0.25, 0.3) is 0 Å². The summed E-state index contributed by atoms with van der Waals surface area (Å²) in [7, 11) is 0. The minimum Gasteiger partial charge on any atom is -0.480 e. The zero-order chi connectivity index (χ0) is 15.9. The molecule has 0 bridgehead atoms. The molecule has 0 aliphatic heterocycles. The molecule has 0 radical (unpaired) electrons. The lowest BCUT2D eigenvalue weighted by Crippen LogP contribution is -2.30. The van der Waals surface area contributed by atoms with Gasteiger partial charge in [-0.3, -0.25) is 9.59 Å². The fourth-order valence-electron chi connectivity index (χ4n) is 3.02. The molecular formula is C15H24N4O3. The van der Waals surface area contributed by atoms with E-state index in [1.807, 2.05) is 6.92 Å². The first-order valence-corrected chi connectivity index (χ1v) is 7.93. The summed E-state index contributed by atoms with van der Waals surface area (Å²) >= 11 is 0. The highest BCUT2D eigenvalue weighted by Crippen LogP contribution is 2.28. The number of hydrogen-bond acceptors (Lipinski definition) is 4. The Morgan fingerprint density at radius 2 is 2.14 bits per heavy atom. The molecule has 2 N–H and O–H groups in total. The highest BCUT2D eigenvalue weighted by atomic mass is 16.4. The van der Waals surface area contributed by atoms with Gasteiger partial charge in [0.05, 0.1) is 12.7 Å².